The standard InChI is InChI=1S/C29H31N3O4/c1-19-8-7-9-20(2)28(19)36-15-14-31-24-11-6-5-10-23(24)30-29(31)21-16-27(33)32(18-21)25-17-22(34-3)12-13-26(25)35-4/h5-13,17,21H,14-16,18H2,1-4H3/t21-/m0/s1. The van der Waals surface area contributed by atoms with Crippen molar-refractivity contribution in [2.75, 3.05) is 32.3 Å². The number of hydrogen-bond donors (Lipinski definition) is 0. The predicted octanol–water partition coefficient (Wildman–Crippen LogP) is 5.27. The van der Waals surface area contributed by atoms with Crippen LogP contribution in [0.2, 0.25) is 0 Å². The number of para-hydroxylation sites is 3. The topological polar surface area (TPSA) is 65.8 Å². The van der Waals surface area contributed by atoms with E-state index in [4.69, 9.17) is 19.2 Å². The lowest BCUT2D eigenvalue weighted by Gasteiger charge is -2.20. The van der Waals surface area contributed by atoms with Crippen LogP contribution in [-0.4, -0.2) is 42.8 Å². The molecule has 0 saturated carbocycles. The Kier molecular flexibility index (Phi) is 6.55. The van der Waals surface area contributed by atoms with Crippen molar-refractivity contribution in [1.82, 2.24) is 9.55 Å². The number of methoxy groups -OCH3 is 2. The molecule has 0 radical (unpaired) electrons. The van der Waals surface area contributed by atoms with Crippen molar-refractivity contribution in [3.05, 3.63) is 77.6 Å². The first-order valence-corrected chi connectivity index (χ1v) is 12.2. The van der Waals surface area contributed by atoms with Gasteiger partial charge < -0.3 is 23.7 Å². The van der Waals surface area contributed by atoms with Crippen LogP contribution in [0.1, 0.15) is 29.3 Å². The van der Waals surface area contributed by atoms with Crippen molar-refractivity contribution in [3.8, 4) is 17.2 Å². The maximum atomic E-state index is 13.2. The van der Waals surface area contributed by atoms with Crippen LogP contribution in [0.15, 0.2) is 60.7 Å². The molecule has 1 saturated heterocycles. The number of fused-ring (bicyclic) bond motifs is 1. The molecule has 7 heteroatoms. The zero-order valence-corrected chi connectivity index (χ0v) is 21.2. The lowest BCUT2D eigenvalue weighted by Crippen LogP contribution is -2.25. The number of carbonyl (C=O) groups is 1. The second-order valence-electron chi connectivity index (χ2n) is 9.12. The summed E-state index contributed by atoms with van der Waals surface area (Å²) in [7, 11) is 3.22. The van der Waals surface area contributed by atoms with E-state index in [0.29, 0.717) is 43.3 Å². The SMILES string of the molecule is COc1ccc(OC)c(N2C[C@@H](c3nc4ccccc4n3CCOc3c(C)cccc3C)CC2=O)c1. The number of imidazole rings is 1. The van der Waals surface area contributed by atoms with Crippen LogP contribution < -0.4 is 19.1 Å². The Labute approximate surface area is 211 Å². The highest BCUT2D eigenvalue weighted by Crippen LogP contribution is 2.39. The van der Waals surface area contributed by atoms with Gasteiger partial charge in [-0.3, -0.25) is 4.79 Å². The molecule has 0 bridgehead atoms. The number of aromatic nitrogens is 2. The highest BCUT2D eigenvalue weighted by atomic mass is 16.5. The fraction of sp³-hybridized carbons (Fsp3) is 0.310. The zero-order chi connectivity index (χ0) is 25.2. The van der Waals surface area contributed by atoms with E-state index in [-0.39, 0.29) is 11.8 Å². The molecule has 0 unspecified atom stereocenters. The van der Waals surface area contributed by atoms with Crippen LogP contribution in [-0.2, 0) is 11.3 Å². The summed E-state index contributed by atoms with van der Waals surface area (Å²) in [5.74, 6) is 3.13. The van der Waals surface area contributed by atoms with Gasteiger partial charge in [0.2, 0.25) is 5.91 Å². The maximum Gasteiger partial charge on any atom is 0.227 e. The minimum Gasteiger partial charge on any atom is -0.497 e. The third-order valence-electron chi connectivity index (χ3n) is 6.82. The Hall–Kier alpha value is -4.00. The number of nitrogens with zero attached hydrogens (tertiary/aromatic N) is 3. The molecule has 1 aliphatic rings. The van der Waals surface area contributed by atoms with Crippen molar-refractivity contribution in [1.29, 1.82) is 0 Å². The average molecular weight is 486 g/mol. The van der Waals surface area contributed by atoms with Gasteiger partial charge in [0.1, 0.15) is 29.7 Å². The first kappa shape index (κ1) is 23.7. The molecule has 1 atom stereocenters. The highest BCUT2D eigenvalue weighted by molar-refractivity contribution is 5.98. The Morgan fingerprint density at radius 2 is 1.75 bits per heavy atom. The number of rotatable bonds is 8. The van der Waals surface area contributed by atoms with Gasteiger partial charge in [-0.1, -0.05) is 30.3 Å². The van der Waals surface area contributed by atoms with E-state index in [1.807, 2.05) is 42.5 Å². The molecule has 5 rings (SSSR count). The summed E-state index contributed by atoms with van der Waals surface area (Å²) >= 11 is 0. The first-order chi connectivity index (χ1) is 17.5. The molecular formula is C29H31N3O4. The van der Waals surface area contributed by atoms with Gasteiger partial charge in [0.05, 0.1) is 37.5 Å². The largest absolute Gasteiger partial charge is 0.497 e. The van der Waals surface area contributed by atoms with Crippen molar-refractivity contribution >= 4 is 22.6 Å². The minimum absolute atomic E-state index is 0.0388. The Morgan fingerprint density at radius 1 is 0.972 bits per heavy atom. The molecule has 186 valence electrons. The molecule has 2 heterocycles. The summed E-state index contributed by atoms with van der Waals surface area (Å²) < 4.78 is 19.4. The Bertz CT molecular complexity index is 1390. The minimum atomic E-state index is -0.0546. The van der Waals surface area contributed by atoms with Crippen LogP contribution in [0.4, 0.5) is 5.69 Å². The number of carbonyl (C=O) groups excluding carboxylic acids is 1. The smallest absolute Gasteiger partial charge is 0.227 e. The van der Waals surface area contributed by atoms with Crippen LogP contribution >= 0.6 is 0 Å². The molecule has 0 spiro atoms. The van der Waals surface area contributed by atoms with E-state index in [0.717, 1.165) is 33.7 Å². The molecule has 1 fully saturated rings. The van der Waals surface area contributed by atoms with Gasteiger partial charge in [-0.05, 0) is 49.2 Å². The third kappa shape index (κ3) is 4.37. The molecule has 0 N–H and O–H groups in total. The number of hydrogen-bond acceptors (Lipinski definition) is 5. The average Bonchev–Trinajstić information content (AvgIpc) is 3.45. The summed E-state index contributed by atoms with van der Waals surface area (Å²) in [5, 5.41) is 0. The van der Waals surface area contributed by atoms with Crippen LogP contribution in [0.25, 0.3) is 11.0 Å². The van der Waals surface area contributed by atoms with E-state index in [2.05, 4.69) is 36.6 Å². The monoisotopic (exact) mass is 485 g/mol. The molecule has 1 amide bonds. The van der Waals surface area contributed by atoms with Gasteiger partial charge in [-0.25, -0.2) is 4.98 Å². The quantitative estimate of drug-likeness (QED) is 0.340. The molecule has 36 heavy (non-hydrogen) atoms. The van der Waals surface area contributed by atoms with Gasteiger partial charge in [0.25, 0.3) is 0 Å². The Morgan fingerprint density at radius 3 is 2.50 bits per heavy atom. The molecule has 0 aliphatic carbocycles. The summed E-state index contributed by atoms with van der Waals surface area (Å²) in [4.78, 5) is 19.9. The van der Waals surface area contributed by atoms with Gasteiger partial charge in [0, 0.05) is 24.9 Å². The number of anilines is 1. The summed E-state index contributed by atoms with van der Waals surface area (Å²) in [6, 6.07) is 19.8. The van der Waals surface area contributed by atoms with E-state index in [9.17, 15) is 4.79 Å². The molecular weight excluding hydrogens is 454 g/mol. The molecule has 1 aromatic heterocycles. The van der Waals surface area contributed by atoms with E-state index in [1.165, 1.54) is 0 Å². The van der Waals surface area contributed by atoms with Crippen LogP contribution in [0, 0.1) is 13.8 Å². The maximum absolute atomic E-state index is 13.2. The first-order valence-electron chi connectivity index (χ1n) is 12.2. The van der Waals surface area contributed by atoms with Crippen LogP contribution in [0.3, 0.4) is 0 Å². The van der Waals surface area contributed by atoms with Gasteiger partial charge in [0.15, 0.2) is 0 Å². The van der Waals surface area contributed by atoms with E-state index in [1.54, 1.807) is 19.1 Å². The zero-order valence-electron chi connectivity index (χ0n) is 21.2. The van der Waals surface area contributed by atoms with Crippen molar-refractivity contribution in [2.24, 2.45) is 0 Å². The number of aryl methyl sites for hydroxylation is 2. The van der Waals surface area contributed by atoms with E-state index >= 15 is 0 Å². The number of benzene rings is 3. The number of ether oxygens (including phenoxy) is 3. The lowest BCUT2D eigenvalue weighted by molar-refractivity contribution is -0.117. The normalized spacial score (nSPS) is 15.5. The summed E-state index contributed by atoms with van der Waals surface area (Å²) in [6.07, 6.45) is 0.376. The van der Waals surface area contributed by atoms with Gasteiger partial charge in [-0.2, -0.15) is 0 Å². The van der Waals surface area contributed by atoms with Gasteiger partial charge >= 0.3 is 0 Å². The molecule has 1 aliphatic heterocycles. The van der Waals surface area contributed by atoms with E-state index < -0.39 is 0 Å². The molecule has 4 aromatic rings. The summed E-state index contributed by atoms with van der Waals surface area (Å²) in [6.45, 7) is 5.78. The lowest BCUT2D eigenvalue weighted by atomic mass is 10.1. The predicted molar refractivity (Wildman–Crippen MR) is 140 cm³/mol. The molecule has 7 nitrogen and oxygen atoms in total. The third-order valence-corrected chi connectivity index (χ3v) is 6.82. The second-order valence-corrected chi connectivity index (χ2v) is 9.12. The fourth-order valence-corrected chi connectivity index (χ4v) is 5.03. The van der Waals surface area contributed by atoms with Crippen molar-refractivity contribution in [3.63, 3.8) is 0 Å². The van der Waals surface area contributed by atoms with Crippen LogP contribution in [0.5, 0.6) is 17.2 Å². The van der Waals surface area contributed by atoms with Gasteiger partial charge in [-0.15, -0.1) is 0 Å². The number of amides is 1. The fourth-order valence-electron chi connectivity index (χ4n) is 5.03. The highest BCUT2D eigenvalue weighted by Gasteiger charge is 2.36. The van der Waals surface area contributed by atoms with Crippen molar-refractivity contribution < 1.29 is 19.0 Å². The Balaban J connectivity index is 1.43. The van der Waals surface area contributed by atoms with Crippen molar-refractivity contribution in [2.45, 2.75) is 32.7 Å². The second kappa shape index (κ2) is 9.93. The molecule has 3 aromatic carbocycles. The summed E-state index contributed by atoms with van der Waals surface area (Å²) in [5.41, 5.74) is 4.92.